The van der Waals surface area contributed by atoms with Crippen LogP contribution >= 0.6 is 11.8 Å². The van der Waals surface area contributed by atoms with Crippen LogP contribution < -0.4 is 14.8 Å². The van der Waals surface area contributed by atoms with Gasteiger partial charge in [-0.1, -0.05) is 25.6 Å². The summed E-state index contributed by atoms with van der Waals surface area (Å²) in [6.45, 7) is 7.00. The van der Waals surface area contributed by atoms with Crippen molar-refractivity contribution in [3.63, 3.8) is 0 Å². The number of thioether (sulfide) groups is 1. The van der Waals surface area contributed by atoms with Crippen molar-refractivity contribution in [1.82, 2.24) is 14.8 Å². The van der Waals surface area contributed by atoms with Crippen LogP contribution in [-0.4, -0.2) is 32.7 Å². The number of hydrogen-bond acceptors (Lipinski definition) is 7. The van der Waals surface area contributed by atoms with E-state index in [2.05, 4.69) is 29.4 Å². The van der Waals surface area contributed by atoms with Crippen molar-refractivity contribution in [2.75, 3.05) is 12.1 Å². The molecule has 9 heteroatoms. The molecule has 0 aliphatic carbocycles. The lowest BCUT2D eigenvalue weighted by Crippen LogP contribution is -2.23. The van der Waals surface area contributed by atoms with Gasteiger partial charge in [0.25, 0.3) is 0 Å². The van der Waals surface area contributed by atoms with Crippen LogP contribution in [0.2, 0.25) is 0 Å². The Balaban J connectivity index is 1.48. The fourth-order valence-corrected chi connectivity index (χ4v) is 3.78. The summed E-state index contributed by atoms with van der Waals surface area (Å²) in [5.41, 5.74) is 0.659. The van der Waals surface area contributed by atoms with E-state index in [9.17, 15) is 4.79 Å². The molecule has 0 radical (unpaired) electrons. The molecule has 4 rings (SSSR count). The molecule has 2 aromatic heterocycles. The number of amides is 1. The minimum atomic E-state index is -0.375. The highest BCUT2D eigenvalue weighted by Crippen LogP contribution is 2.34. The molecule has 3 heterocycles. The van der Waals surface area contributed by atoms with Crippen LogP contribution in [0.25, 0.3) is 11.6 Å². The largest absolute Gasteiger partial charge is 0.461 e. The Hall–Kier alpha value is -2.94. The van der Waals surface area contributed by atoms with Gasteiger partial charge in [-0.05, 0) is 37.1 Å². The summed E-state index contributed by atoms with van der Waals surface area (Å²) in [6, 6.07) is 9.00. The first kappa shape index (κ1) is 19.4. The summed E-state index contributed by atoms with van der Waals surface area (Å²) in [6.07, 6.45) is 1.61. The highest BCUT2D eigenvalue weighted by Gasteiger charge is 2.23. The maximum absolute atomic E-state index is 12.7. The molecule has 0 bridgehead atoms. The summed E-state index contributed by atoms with van der Waals surface area (Å²) in [5, 5.41) is 11.8. The number of ether oxygens (including phenoxy) is 2. The van der Waals surface area contributed by atoms with Gasteiger partial charge < -0.3 is 19.2 Å². The molecule has 1 N–H and O–H groups in total. The normalized spacial score (nSPS) is 13.7. The number of aromatic nitrogens is 3. The van der Waals surface area contributed by atoms with E-state index >= 15 is 0 Å². The second kappa shape index (κ2) is 8.20. The number of fused-ring (bicyclic) bond motifs is 1. The third kappa shape index (κ3) is 4.24. The number of carbonyl (C=O) groups is 1. The van der Waals surface area contributed by atoms with Crippen LogP contribution in [0.1, 0.15) is 20.8 Å². The zero-order chi connectivity index (χ0) is 20.4. The van der Waals surface area contributed by atoms with Gasteiger partial charge in [-0.3, -0.25) is 9.36 Å². The van der Waals surface area contributed by atoms with Gasteiger partial charge in [0.2, 0.25) is 12.7 Å². The van der Waals surface area contributed by atoms with Gasteiger partial charge in [-0.2, -0.15) is 0 Å². The van der Waals surface area contributed by atoms with E-state index in [1.807, 2.05) is 23.6 Å². The van der Waals surface area contributed by atoms with Crippen LogP contribution in [-0.2, 0) is 11.3 Å². The molecule has 0 saturated carbocycles. The van der Waals surface area contributed by atoms with Crippen LogP contribution in [0.4, 0.5) is 5.69 Å². The average molecular weight is 414 g/mol. The lowest BCUT2D eigenvalue weighted by molar-refractivity contribution is -0.115. The fourth-order valence-electron chi connectivity index (χ4n) is 2.92. The van der Waals surface area contributed by atoms with Crippen molar-refractivity contribution in [2.45, 2.75) is 37.7 Å². The molecule has 29 heavy (non-hydrogen) atoms. The van der Waals surface area contributed by atoms with Crippen molar-refractivity contribution in [3.8, 4) is 23.1 Å². The standard InChI is InChI=1S/C20H22N4O4S/c1-12(2)10-24-18(16-5-4-8-26-16)22-23-20(24)29-13(3)19(25)21-14-6-7-15-17(9-14)28-11-27-15/h4-9,12-13H,10-11H2,1-3H3,(H,21,25)/t13-/m1/s1. The average Bonchev–Trinajstić information content (AvgIpc) is 3.42. The molecule has 3 aromatic rings. The SMILES string of the molecule is CC(C)Cn1c(S[C@H](C)C(=O)Nc2ccc3c(c2)OCO3)nnc1-c1ccco1. The molecule has 1 aromatic carbocycles. The van der Waals surface area contributed by atoms with E-state index in [0.29, 0.717) is 39.8 Å². The van der Waals surface area contributed by atoms with E-state index in [1.54, 1.807) is 24.5 Å². The highest BCUT2D eigenvalue weighted by molar-refractivity contribution is 8.00. The molecule has 0 unspecified atom stereocenters. The molecule has 152 valence electrons. The second-order valence-electron chi connectivity index (χ2n) is 7.11. The Bertz CT molecular complexity index is 1000. The Morgan fingerprint density at radius 1 is 1.21 bits per heavy atom. The summed E-state index contributed by atoms with van der Waals surface area (Å²) in [7, 11) is 0. The molecular formula is C20H22N4O4S. The van der Waals surface area contributed by atoms with Gasteiger partial charge in [0, 0.05) is 18.3 Å². The maximum Gasteiger partial charge on any atom is 0.237 e. The number of nitrogens with zero attached hydrogens (tertiary/aromatic N) is 3. The summed E-state index contributed by atoms with van der Waals surface area (Å²) < 4.78 is 18.1. The second-order valence-corrected chi connectivity index (χ2v) is 8.41. The van der Waals surface area contributed by atoms with E-state index in [4.69, 9.17) is 13.9 Å². The van der Waals surface area contributed by atoms with Crippen molar-refractivity contribution in [1.29, 1.82) is 0 Å². The Labute approximate surface area is 172 Å². The monoisotopic (exact) mass is 414 g/mol. The lowest BCUT2D eigenvalue weighted by Gasteiger charge is -2.15. The predicted octanol–water partition coefficient (Wildman–Crippen LogP) is 4.04. The number of carbonyl (C=O) groups excluding carboxylic acids is 1. The van der Waals surface area contributed by atoms with Crippen molar-refractivity contribution in [2.24, 2.45) is 5.92 Å². The minimum Gasteiger partial charge on any atom is -0.461 e. The van der Waals surface area contributed by atoms with Gasteiger partial charge in [0.1, 0.15) is 0 Å². The van der Waals surface area contributed by atoms with Crippen molar-refractivity contribution >= 4 is 23.4 Å². The molecule has 0 saturated heterocycles. The summed E-state index contributed by atoms with van der Waals surface area (Å²) in [5.74, 6) is 2.88. The number of benzene rings is 1. The molecule has 1 atom stereocenters. The zero-order valence-corrected chi connectivity index (χ0v) is 17.2. The zero-order valence-electron chi connectivity index (χ0n) is 16.4. The minimum absolute atomic E-state index is 0.132. The van der Waals surface area contributed by atoms with Gasteiger partial charge >= 0.3 is 0 Å². The maximum atomic E-state index is 12.7. The van der Waals surface area contributed by atoms with Gasteiger partial charge in [0.05, 0.1) is 11.5 Å². The highest BCUT2D eigenvalue weighted by atomic mass is 32.2. The first-order valence-corrected chi connectivity index (χ1v) is 10.2. The van der Waals surface area contributed by atoms with Crippen LogP contribution in [0.15, 0.2) is 46.2 Å². The van der Waals surface area contributed by atoms with Gasteiger partial charge in [-0.25, -0.2) is 0 Å². The first-order valence-electron chi connectivity index (χ1n) is 9.35. The van der Waals surface area contributed by atoms with Crippen molar-refractivity contribution < 1.29 is 18.7 Å². The molecule has 8 nitrogen and oxygen atoms in total. The van der Waals surface area contributed by atoms with E-state index < -0.39 is 0 Å². The third-order valence-electron chi connectivity index (χ3n) is 4.30. The lowest BCUT2D eigenvalue weighted by atomic mass is 10.2. The Kier molecular flexibility index (Phi) is 5.48. The topological polar surface area (TPSA) is 91.4 Å². The molecule has 1 aliphatic heterocycles. The molecule has 1 amide bonds. The molecular weight excluding hydrogens is 392 g/mol. The first-order chi connectivity index (χ1) is 14.0. The summed E-state index contributed by atoms with van der Waals surface area (Å²) >= 11 is 1.36. The van der Waals surface area contributed by atoms with Crippen LogP contribution in [0.3, 0.4) is 0 Å². The van der Waals surface area contributed by atoms with Crippen molar-refractivity contribution in [3.05, 3.63) is 36.6 Å². The van der Waals surface area contributed by atoms with E-state index in [1.165, 1.54) is 11.8 Å². The number of furan rings is 1. The summed E-state index contributed by atoms with van der Waals surface area (Å²) in [4.78, 5) is 12.7. The number of hydrogen-bond donors (Lipinski definition) is 1. The van der Waals surface area contributed by atoms with Gasteiger partial charge in [0.15, 0.2) is 28.2 Å². The Morgan fingerprint density at radius 2 is 2.03 bits per heavy atom. The van der Waals surface area contributed by atoms with Gasteiger partial charge in [-0.15, -0.1) is 10.2 Å². The third-order valence-corrected chi connectivity index (χ3v) is 5.38. The molecule has 0 fully saturated rings. The number of anilines is 1. The van der Waals surface area contributed by atoms with Crippen LogP contribution in [0, 0.1) is 5.92 Å². The van der Waals surface area contributed by atoms with E-state index in [0.717, 1.165) is 6.54 Å². The Morgan fingerprint density at radius 3 is 2.79 bits per heavy atom. The smallest absolute Gasteiger partial charge is 0.237 e. The molecule has 1 aliphatic rings. The van der Waals surface area contributed by atoms with Crippen LogP contribution in [0.5, 0.6) is 11.5 Å². The molecule has 0 spiro atoms. The quantitative estimate of drug-likeness (QED) is 0.583. The number of rotatable bonds is 7. The number of nitrogens with one attached hydrogen (secondary N) is 1. The van der Waals surface area contributed by atoms with E-state index in [-0.39, 0.29) is 18.0 Å². The predicted molar refractivity (Wildman–Crippen MR) is 109 cm³/mol. The fraction of sp³-hybridized carbons (Fsp3) is 0.350.